The maximum Gasteiger partial charge on any atom is 0.341 e. The molecule has 6 nitrogen and oxygen atoms in total. The van der Waals surface area contributed by atoms with Crippen LogP contribution in [0.25, 0.3) is 0 Å². The SMILES string of the molecule is CC(=O)NCC1OCCc2c1sc(N)c2C(=O)OC(C)(C)C. The second-order valence-electron chi connectivity index (χ2n) is 6.23. The van der Waals surface area contributed by atoms with Crippen LogP contribution < -0.4 is 11.1 Å². The van der Waals surface area contributed by atoms with Crippen molar-refractivity contribution < 1.29 is 19.1 Å². The van der Waals surface area contributed by atoms with E-state index in [1.807, 2.05) is 20.8 Å². The van der Waals surface area contributed by atoms with E-state index >= 15 is 0 Å². The van der Waals surface area contributed by atoms with Gasteiger partial charge in [0.15, 0.2) is 0 Å². The van der Waals surface area contributed by atoms with E-state index in [4.69, 9.17) is 15.2 Å². The number of thiophene rings is 1. The Bertz CT molecular complexity index is 589. The molecule has 0 fully saturated rings. The second-order valence-corrected chi connectivity index (χ2v) is 7.32. The first-order valence-electron chi connectivity index (χ1n) is 7.19. The van der Waals surface area contributed by atoms with Crippen molar-refractivity contribution in [2.45, 2.75) is 45.8 Å². The largest absolute Gasteiger partial charge is 0.456 e. The normalized spacial score (nSPS) is 17.7. The van der Waals surface area contributed by atoms with Crippen LogP contribution in [0, 0.1) is 0 Å². The average molecular weight is 326 g/mol. The fourth-order valence-electron chi connectivity index (χ4n) is 2.33. The van der Waals surface area contributed by atoms with Crippen LogP contribution in [0.3, 0.4) is 0 Å². The molecule has 2 heterocycles. The molecule has 22 heavy (non-hydrogen) atoms. The molecule has 1 aliphatic heterocycles. The number of amides is 1. The van der Waals surface area contributed by atoms with E-state index in [9.17, 15) is 9.59 Å². The van der Waals surface area contributed by atoms with Crippen molar-refractivity contribution in [3.05, 3.63) is 16.0 Å². The highest BCUT2D eigenvalue weighted by molar-refractivity contribution is 7.16. The summed E-state index contributed by atoms with van der Waals surface area (Å²) in [5.74, 6) is -0.518. The van der Waals surface area contributed by atoms with Crippen LogP contribution in [0.15, 0.2) is 0 Å². The fourth-order valence-corrected chi connectivity index (χ4v) is 3.49. The van der Waals surface area contributed by atoms with Gasteiger partial charge in [0.1, 0.15) is 16.7 Å². The Morgan fingerprint density at radius 3 is 2.73 bits per heavy atom. The third kappa shape index (κ3) is 3.78. The minimum Gasteiger partial charge on any atom is -0.456 e. The van der Waals surface area contributed by atoms with Gasteiger partial charge < -0.3 is 20.5 Å². The number of hydrogen-bond acceptors (Lipinski definition) is 6. The number of anilines is 1. The van der Waals surface area contributed by atoms with E-state index in [1.54, 1.807) is 0 Å². The van der Waals surface area contributed by atoms with E-state index in [1.165, 1.54) is 18.3 Å². The van der Waals surface area contributed by atoms with Gasteiger partial charge >= 0.3 is 5.97 Å². The first-order valence-corrected chi connectivity index (χ1v) is 8.01. The van der Waals surface area contributed by atoms with Gasteiger partial charge in [-0.1, -0.05) is 0 Å². The monoisotopic (exact) mass is 326 g/mol. The van der Waals surface area contributed by atoms with Gasteiger partial charge in [0, 0.05) is 18.3 Å². The van der Waals surface area contributed by atoms with Crippen LogP contribution in [0.2, 0.25) is 0 Å². The quantitative estimate of drug-likeness (QED) is 0.830. The molecule has 0 bridgehead atoms. The maximum atomic E-state index is 12.4. The predicted molar refractivity (Wildman–Crippen MR) is 85.0 cm³/mol. The summed E-state index contributed by atoms with van der Waals surface area (Å²) in [6.07, 6.45) is 0.352. The first kappa shape index (κ1) is 16.8. The minimum atomic E-state index is -0.570. The molecule has 1 unspecified atom stereocenters. The minimum absolute atomic E-state index is 0.118. The highest BCUT2D eigenvalue weighted by atomic mass is 32.1. The lowest BCUT2D eigenvalue weighted by atomic mass is 10.0. The van der Waals surface area contributed by atoms with Gasteiger partial charge in [0.25, 0.3) is 0 Å². The molecule has 1 aromatic rings. The molecule has 0 saturated heterocycles. The number of ether oxygens (including phenoxy) is 2. The molecule has 0 aliphatic carbocycles. The highest BCUT2D eigenvalue weighted by Crippen LogP contribution is 2.40. The van der Waals surface area contributed by atoms with E-state index in [0.29, 0.717) is 30.1 Å². The summed E-state index contributed by atoms with van der Waals surface area (Å²) in [5, 5.41) is 3.18. The lowest BCUT2D eigenvalue weighted by Gasteiger charge is -2.24. The van der Waals surface area contributed by atoms with Crippen LogP contribution in [0.1, 0.15) is 54.6 Å². The molecule has 1 atom stereocenters. The molecule has 7 heteroatoms. The fraction of sp³-hybridized carbons (Fsp3) is 0.600. The molecule has 0 aromatic carbocycles. The summed E-state index contributed by atoms with van der Waals surface area (Å²) >= 11 is 1.33. The standard InChI is InChI=1S/C15H22N2O4S/c1-8(18)17-7-10-12-9(5-6-20-10)11(13(16)22-12)14(19)21-15(2,3)4/h10H,5-7,16H2,1-4H3,(H,17,18). The Labute approximate surface area is 134 Å². The number of hydrogen-bond donors (Lipinski definition) is 2. The van der Waals surface area contributed by atoms with Gasteiger partial charge in [-0.2, -0.15) is 0 Å². The number of carbonyl (C=O) groups excluding carboxylic acids is 2. The van der Waals surface area contributed by atoms with Gasteiger partial charge in [-0.25, -0.2) is 4.79 Å². The second kappa shape index (κ2) is 6.26. The van der Waals surface area contributed by atoms with Gasteiger partial charge in [0.2, 0.25) is 5.91 Å². The van der Waals surface area contributed by atoms with Gasteiger partial charge in [0.05, 0.1) is 12.2 Å². The van der Waals surface area contributed by atoms with Gasteiger partial charge in [-0.3, -0.25) is 4.79 Å². The van der Waals surface area contributed by atoms with Gasteiger partial charge in [-0.15, -0.1) is 11.3 Å². The van der Waals surface area contributed by atoms with Crippen LogP contribution in [-0.4, -0.2) is 30.6 Å². The van der Waals surface area contributed by atoms with Crippen molar-refractivity contribution in [2.24, 2.45) is 0 Å². The van der Waals surface area contributed by atoms with E-state index in [0.717, 1.165) is 10.4 Å². The molecule has 2 rings (SSSR count). The summed E-state index contributed by atoms with van der Waals surface area (Å²) < 4.78 is 11.1. The average Bonchev–Trinajstić information content (AvgIpc) is 2.70. The Hall–Kier alpha value is -1.60. The summed E-state index contributed by atoms with van der Waals surface area (Å²) in [6, 6.07) is 0. The topological polar surface area (TPSA) is 90.6 Å². The molecule has 0 radical (unpaired) electrons. The van der Waals surface area contributed by atoms with Crippen molar-refractivity contribution in [1.82, 2.24) is 5.32 Å². The van der Waals surface area contributed by atoms with Crippen LogP contribution in [0.4, 0.5) is 5.00 Å². The Morgan fingerprint density at radius 1 is 1.45 bits per heavy atom. The van der Waals surface area contributed by atoms with E-state index in [-0.39, 0.29) is 12.0 Å². The number of nitrogens with two attached hydrogens (primary N) is 1. The lowest BCUT2D eigenvalue weighted by Crippen LogP contribution is -2.30. The molecule has 3 N–H and O–H groups in total. The zero-order chi connectivity index (χ0) is 16.5. The molecule has 1 aliphatic rings. The lowest BCUT2D eigenvalue weighted by molar-refractivity contribution is -0.119. The molecular formula is C15H22N2O4S. The van der Waals surface area contributed by atoms with Crippen molar-refractivity contribution in [3.8, 4) is 0 Å². The van der Waals surface area contributed by atoms with Gasteiger partial charge in [-0.05, 0) is 32.8 Å². The Balaban J connectivity index is 2.28. The third-order valence-electron chi connectivity index (χ3n) is 3.17. The summed E-state index contributed by atoms with van der Waals surface area (Å²) in [5.41, 5.74) is 6.80. The van der Waals surface area contributed by atoms with Crippen LogP contribution >= 0.6 is 11.3 Å². The molecule has 1 amide bonds. The third-order valence-corrected chi connectivity index (χ3v) is 4.32. The number of rotatable bonds is 3. The van der Waals surface area contributed by atoms with Crippen molar-refractivity contribution in [2.75, 3.05) is 18.9 Å². The number of nitrogen functional groups attached to an aromatic ring is 1. The molecule has 122 valence electrons. The van der Waals surface area contributed by atoms with Crippen molar-refractivity contribution >= 4 is 28.2 Å². The molecule has 1 aromatic heterocycles. The maximum absolute atomic E-state index is 12.4. The predicted octanol–water partition coefficient (Wildman–Crippen LogP) is 2.04. The number of fused-ring (bicyclic) bond motifs is 1. The Kier molecular flexibility index (Phi) is 4.77. The molecule has 0 saturated carbocycles. The molecule has 0 spiro atoms. The van der Waals surface area contributed by atoms with Crippen LogP contribution in [-0.2, 0) is 20.7 Å². The smallest absolute Gasteiger partial charge is 0.341 e. The number of carbonyl (C=O) groups is 2. The van der Waals surface area contributed by atoms with E-state index < -0.39 is 11.6 Å². The highest BCUT2D eigenvalue weighted by Gasteiger charge is 2.32. The van der Waals surface area contributed by atoms with Crippen LogP contribution in [0.5, 0.6) is 0 Å². The van der Waals surface area contributed by atoms with E-state index in [2.05, 4.69) is 5.32 Å². The zero-order valence-electron chi connectivity index (χ0n) is 13.3. The summed E-state index contributed by atoms with van der Waals surface area (Å²) in [4.78, 5) is 24.4. The summed E-state index contributed by atoms with van der Waals surface area (Å²) in [7, 11) is 0. The first-order chi connectivity index (χ1) is 10.2. The zero-order valence-corrected chi connectivity index (χ0v) is 14.1. The molecular weight excluding hydrogens is 304 g/mol. The number of nitrogens with one attached hydrogen (secondary N) is 1. The van der Waals surface area contributed by atoms with Crippen molar-refractivity contribution in [1.29, 1.82) is 0 Å². The summed E-state index contributed by atoms with van der Waals surface area (Å²) in [6.45, 7) is 7.78. The van der Waals surface area contributed by atoms with Crippen molar-refractivity contribution in [3.63, 3.8) is 0 Å². The Morgan fingerprint density at radius 2 is 2.14 bits per heavy atom. The number of esters is 1.